The van der Waals surface area contributed by atoms with Crippen LogP contribution in [0.25, 0.3) is 0 Å². The molecule has 0 aromatic heterocycles. The van der Waals surface area contributed by atoms with Gasteiger partial charge in [-0.05, 0) is 44.5 Å². The number of hydrogen-bond acceptors (Lipinski definition) is 4. The highest BCUT2D eigenvalue weighted by Crippen LogP contribution is 2.21. The third-order valence-corrected chi connectivity index (χ3v) is 3.61. The van der Waals surface area contributed by atoms with Crippen molar-refractivity contribution in [3.8, 4) is 5.75 Å². The number of aliphatic hydroxyl groups excluding tert-OH is 1. The second kappa shape index (κ2) is 7.64. The van der Waals surface area contributed by atoms with Crippen molar-refractivity contribution in [2.45, 2.75) is 26.9 Å². The molecule has 0 bridgehead atoms. The van der Waals surface area contributed by atoms with Gasteiger partial charge in [-0.3, -0.25) is 4.79 Å². The Bertz CT molecular complexity index is 492. The highest BCUT2D eigenvalue weighted by Gasteiger charge is 2.24. The normalized spacial score (nSPS) is 13.0. The van der Waals surface area contributed by atoms with Gasteiger partial charge in [0, 0.05) is 18.1 Å². The predicted octanol–water partition coefficient (Wildman–Crippen LogP) is 1.49. The number of aryl methyl sites for hydroxylation is 1. The van der Waals surface area contributed by atoms with Gasteiger partial charge >= 0.3 is 0 Å². The predicted molar refractivity (Wildman–Crippen MR) is 83.5 cm³/mol. The molecule has 0 radical (unpaired) electrons. The van der Waals surface area contributed by atoms with Gasteiger partial charge in [0.05, 0.1) is 5.41 Å². The average Bonchev–Trinajstić information content (AvgIpc) is 2.39. The molecule has 21 heavy (non-hydrogen) atoms. The van der Waals surface area contributed by atoms with E-state index in [0.29, 0.717) is 23.9 Å². The van der Waals surface area contributed by atoms with Crippen molar-refractivity contribution >= 4 is 17.5 Å². The van der Waals surface area contributed by atoms with Gasteiger partial charge in [-0.25, -0.2) is 0 Å². The minimum atomic E-state index is -0.676. The molecule has 1 rings (SSSR count). The van der Waals surface area contributed by atoms with Crippen molar-refractivity contribution in [1.82, 2.24) is 5.32 Å². The first-order valence-corrected chi connectivity index (χ1v) is 7.18. The number of amides is 1. The summed E-state index contributed by atoms with van der Waals surface area (Å²) in [4.78, 5) is 11.2. The van der Waals surface area contributed by atoms with Crippen LogP contribution < -0.4 is 15.8 Å². The lowest BCUT2D eigenvalue weighted by Crippen LogP contribution is -2.43. The Morgan fingerprint density at radius 3 is 2.76 bits per heavy atom. The van der Waals surface area contributed by atoms with Gasteiger partial charge in [-0.2, -0.15) is 0 Å². The molecular formula is C15H23ClN2O3. The Kier molecular flexibility index (Phi) is 6.45. The third kappa shape index (κ3) is 5.91. The number of carbonyl (C=O) groups is 1. The summed E-state index contributed by atoms with van der Waals surface area (Å²) >= 11 is 5.93. The molecule has 0 saturated carbocycles. The Hall–Kier alpha value is -1.30. The first kappa shape index (κ1) is 17.8. The maximum absolute atomic E-state index is 11.2. The second-order valence-corrected chi connectivity index (χ2v) is 6.16. The number of primary amides is 1. The van der Waals surface area contributed by atoms with Crippen LogP contribution in [-0.4, -0.2) is 36.8 Å². The number of nitrogens with two attached hydrogens (primary N) is 1. The van der Waals surface area contributed by atoms with E-state index in [2.05, 4.69) is 5.32 Å². The SMILES string of the molecule is Cc1cc(OCC(O)CNCC(C)(C)C(N)=O)ccc1Cl. The van der Waals surface area contributed by atoms with Crippen molar-refractivity contribution in [2.24, 2.45) is 11.1 Å². The van der Waals surface area contributed by atoms with E-state index in [9.17, 15) is 9.90 Å². The van der Waals surface area contributed by atoms with E-state index in [-0.39, 0.29) is 12.5 Å². The number of hydrogen-bond donors (Lipinski definition) is 3. The fourth-order valence-electron chi connectivity index (χ4n) is 1.60. The molecular weight excluding hydrogens is 292 g/mol. The molecule has 0 fully saturated rings. The molecule has 6 heteroatoms. The van der Waals surface area contributed by atoms with Crippen LogP contribution in [0, 0.1) is 12.3 Å². The summed E-state index contributed by atoms with van der Waals surface area (Å²) < 4.78 is 5.49. The summed E-state index contributed by atoms with van der Waals surface area (Å²) in [6.07, 6.45) is -0.676. The van der Waals surface area contributed by atoms with Crippen molar-refractivity contribution < 1.29 is 14.6 Å². The Labute approximate surface area is 130 Å². The Morgan fingerprint density at radius 2 is 2.19 bits per heavy atom. The van der Waals surface area contributed by atoms with E-state index >= 15 is 0 Å². The minimum absolute atomic E-state index is 0.158. The van der Waals surface area contributed by atoms with E-state index in [1.54, 1.807) is 26.0 Å². The highest BCUT2D eigenvalue weighted by molar-refractivity contribution is 6.31. The number of carbonyl (C=O) groups excluding carboxylic acids is 1. The third-order valence-electron chi connectivity index (χ3n) is 3.19. The molecule has 1 unspecified atom stereocenters. The zero-order valence-electron chi connectivity index (χ0n) is 12.6. The molecule has 0 aliphatic carbocycles. The molecule has 0 spiro atoms. The van der Waals surface area contributed by atoms with Crippen LogP contribution in [0.3, 0.4) is 0 Å². The topological polar surface area (TPSA) is 84.6 Å². The molecule has 0 saturated heterocycles. The van der Waals surface area contributed by atoms with Crippen molar-refractivity contribution in [2.75, 3.05) is 19.7 Å². The number of rotatable bonds is 8. The highest BCUT2D eigenvalue weighted by atomic mass is 35.5. The minimum Gasteiger partial charge on any atom is -0.491 e. The van der Waals surface area contributed by atoms with Gasteiger partial charge in [-0.15, -0.1) is 0 Å². The van der Waals surface area contributed by atoms with Crippen LogP contribution >= 0.6 is 11.6 Å². The van der Waals surface area contributed by atoms with E-state index in [1.165, 1.54) is 0 Å². The van der Waals surface area contributed by atoms with Gasteiger partial charge < -0.3 is 20.9 Å². The first-order chi connectivity index (χ1) is 9.72. The fraction of sp³-hybridized carbons (Fsp3) is 0.533. The Balaban J connectivity index is 2.32. The van der Waals surface area contributed by atoms with Crippen LogP contribution in [-0.2, 0) is 4.79 Å². The lowest BCUT2D eigenvalue weighted by molar-refractivity contribution is -0.125. The van der Waals surface area contributed by atoms with Crippen LogP contribution in [0.1, 0.15) is 19.4 Å². The second-order valence-electron chi connectivity index (χ2n) is 5.75. The maximum Gasteiger partial charge on any atom is 0.224 e. The summed E-state index contributed by atoms with van der Waals surface area (Å²) in [6, 6.07) is 5.33. The van der Waals surface area contributed by atoms with Crippen LogP contribution in [0.5, 0.6) is 5.75 Å². The molecule has 5 nitrogen and oxygen atoms in total. The van der Waals surface area contributed by atoms with Gasteiger partial charge in [0.1, 0.15) is 18.5 Å². The Morgan fingerprint density at radius 1 is 1.52 bits per heavy atom. The lowest BCUT2D eigenvalue weighted by atomic mass is 9.93. The van der Waals surface area contributed by atoms with E-state index in [1.807, 2.05) is 13.0 Å². The number of aliphatic hydroxyl groups is 1. The fourth-order valence-corrected chi connectivity index (χ4v) is 1.71. The van der Waals surface area contributed by atoms with Crippen LogP contribution in [0.2, 0.25) is 5.02 Å². The molecule has 0 heterocycles. The molecule has 118 valence electrons. The maximum atomic E-state index is 11.2. The van der Waals surface area contributed by atoms with Gasteiger partial charge in [0.2, 0.25) is 5.91 Å². The molecule has 1 aromatic rings. The molecule has 1 atom stereocenters. The molecule has 0 aliphatic rings. The average molecular weight is 315 g/mol. The summed E-state index contributed by atoms with van der Waals surface area (Å²) in [6.45, 7) is 6.27. The molecule has 4 N–H and O–H groups in total. The van der Waals surface area contributed by atoms with Crippen LogP contribution in [0.4, 0.5) is 0 Å². The number of nitrogens with one attached hydrogen (secondary N) is 1. The summed E-state index contributed by atoms with van der Waals surface area (Å²) in [5.41, 5.74) is 5.55. The van der Waals surface area contributed by atoms with E-state index in [4.69, 9.17) is 22.1 Å². The molecule has 0 aliphatic heterocycles. The first-order valence-electron chi connectivity index (χ1n) is 6.80. The zero-order valence-corrected chi connectivity index (χ0v) is 13.4. The summed E-state index contributed by atoms with van der Waals surface area (Å²) in [5, 5.41) is 13.5. The van der Waals surface area contributed by atoms with Gasteiger partial charge in [-0.1, -0.05) is 11.6 Å². The van der Waals surface area contributed by atoms with Crippen molar-refractivity contribution in [3.05, 3.63) is 28.8 Å². The molecule has 1 amide bonds. The van der Waals surface area contributed by atoms with Gasteiger partial charge in [0.15, 0.2) is 0 Å². The standard InChI is InChI=1S/C15H23ClN2O3/c1-10-6-12(4-5-13(10)16)21-8-11(19)7-18-9-15(2,3)14(17)20/h4-6,11,18-19H,7-9H2,1-3H3,(H2,17,20). The summed E-state index contributed by atoms with van der Waals surface area (Å²) in [7, 11) is 0. The smallest absolute Gasteiger partial charge is 0.224 e. The largest absolute Gasteiger partial charge is 0.491 e. The van der Waals surface area contributed by atoms with Crippen LogP contribution in [0.15, 0.2) is 18.2 Å². The zero-order chi connectivity index (χ0) is 16.0. The monoisotopic (exact) mass is 314 g/mol. The number of benzene rings is 1. The lowest BCUT2D eigenvalue weighted by Gasteiger charge is -2.22. The van der Waals surface area contributed by atoms with E-state index in [0.717, 1.165) is 5.56 Å². The van der Waals surface area contributed by atoms with Gasteiger partial charge in [0.25, 0.3) is 0 Å². The summed E-state index contributed by atoms with van der Waals surface area (Å²) in [5.74, 6) is 0.283. The number of ether oxygens (including phenoxy) is 1. The quantitative estimate of drug-likeness (QED) is 0.678. The van der Waals surface area contributed by atoms with Crippen molar-refractivity contribution in [1.29, 1.82) is 0 Å². The molecule has 1 aromatic carbocycles. The van der Waals surface area contributed by atoms with Crippen molar-refractivity contribution in [3.63, 3.8) is 0 Å². The number of halogens is 1. The van der Waals surface area contributed by atoms with E-state index < -0.39 is 11.5 Å².